The van der Waals surface area contributed by atoms with Crippen molar-refractivity contribution >= 4 is 55.0 Å². The highest BCUT2D eigenvalue weighted by Crippen LogP contribution is 2.39. The van der Waals surface area contributed by atoms with Gasteiger partial charge in [-0.05, 0) is 31.9 Å². The molecule has 7 nitrogen and oxygen atoms in total. The lowest BCUT2D eigenvalue weighted by molar-refractivity contribution is -0.145. The highest BCUT2D eigenvalue weighted by molar-refractivity contribution is 7.22. The number of amides is 1. The molecule has 150 valence electrons. The van der Waals surface area contributed by atoms with E-state index >= 15 is 0 Å². The third-order valence-electron chi connectivity index (χ3n) is 5.32. The predicted molar refractivity (Wildman–Crippen MR) is 114 cm³/mol. The molecule has 1 N–H and O–H groups in total. The van der Waals surface area contributed by atoms with Crippen LogP contribution in [-0.4, -0.2) is 41.5 Å². The van der Waals surface area contributed by atoms with Crippen molar-refractivity contribution in [3.8, 4) is 0 Å². The Morgan fingerprint density at radius 2 is 2.07 bits per heavy atom. The second kappa shape index (κ2) is 7.38. The molecule has 2 aromatic heterocycles. The van der Waals surface area contributed by atoms with Gasteiger partial charge in [-0.25, -0.2) is 9.97 Å². The molecule has 3 heterocycles. The predicted octanol–water partition coefficient (Wildman–Crippen LogP) is 3.42. The summed E-state index contributed by atoms with van der Waals surface area (Å²) in [5.74, 6) is -0.631. The summed E-state index contributed by atoms with van der Waals surface area (Å²) >= 11 is 3.12. The second-order valence-corrected chi connectivity index (χ2v) is 9.32. The van der Waals surface area contributed by atoms with Gasteiger partial charge >= 0.3 is 5.97 Å². The normalized spacial score (nSPS) is 18.5. The van der Waals surface area contributed by atoms with Gasteiger partial charge in [-0.15, -0.1) is 11.3 Å². The molecule has 0 unspecified atom stereocenters. The number of thiazole rings is 2. The zero-order valence-electron chi connectivity index (χ0n) is 15.9. The van der Waals surface area contributed by atoms with Gasteiger partial charge in [0.15, 0.2) is 10.3 Å². The summed E-state index contributed by atoms with van der Waals surface area (Å²) in [7, 11) is 0. The number of ether oxygens (including phenoxy) is 1. The SMILES string of the molecule is CCOC(=O)[C@@H]1CCc2sc(NC(=O)C3CN(c4nc5ccccc5s4)C3)nc21. The molecular weight excluding hydrogens is 408 g/mol. The third kappa shape index (κ3) is 3.38. The molecule has 3 aromatic rings. The molecule has 1 aliphatic heterocycles. The first kappa shape index (κ1) is 18.5. The number of hydrogen-bond donors (Lipinski definition) is 1. The Kier molecular flexibility index (Phi) is 4.71. The van der Waals surface area contributed by atoms with Crippen LogP contribution in [0.15, 0.2) is 24.3 Å². The summed E-state index contributed by atoms with van der Waals surface area (Å²) in [5.41, 5.74) is 1.77. The lowest BCUT2D eigenvalue weighted by Gasteiger charge is -2.37. The maximum Gasteiger partial charge on any atom is 0.315 e. The molecule has 9 heteroatoms. The van der Waals surface area contributed by atoms with Crippen LogP contribution in [0.2, 0.25) is 0 Å². The number of fused-ring (bicyclic) bond motifs is 2. The van der Waals surface area contributed by atoms with Gasteiger partial charge in [-0.3, -0.25) is 9.59 Å². The molecule has 0 bridgehead atoms. The number of aromatic nitrogens is 2. The van der Waals surface area contributed by atoms with Crippen LogP contribution in [0.4, 0.5) is 10.3 Å². The highest BCUT2D eigenvalue weighted by atomic mass is 32.1. The summed E-state index contributed by atoms with van der Waals surface area (Å²) in [6.07, 6.45) is 1.54. The Balaban J connectivity index is 1.20. The molecule has 1 amide bonds. The van der Waals surface area contributed by atoms with Gasteiger partial charge < -0.3 is 15.0 Å². The van der Waals surface area contributed by atoms with Crippen molar-refractivity contribution in [1.29, 1.82) is 0 Å². The zero-order valence-corrected chi connectivity index (χ0v) is 17.5. The maximum absolute atomic E-state index is 12.6. The average Bonchev–Trinajstić information content (AvgIpc) is 3.33. The van der Waals surface area contributed by atoms with E-state index in [0.717, 1.165) is 38.8 Å². The van der Waals surface area contributed by atoms with Crippen LogP contribution in [-0.2, 0) is 20.7 Å². The van der Waals surface area contributed by atoms with Crippen LogP contribution in [0, 0.1) is 5.92 Å². The number of carbonyl (C=O) groups is 2. The topological polar surface area (TPSA) is 84.4 Å². The number of para-hydroxylation sites is 1. The fraction of sp³-hybridized carbons (Fsp3) is 0.400. The number of esters is 1. The standard InChI is InChI=1S/C20H20N4O3S2/c1-2-27-18(26)12-7-8-15-16(12)22-19(28-15)23-17(25)11-9-24(10-11)20-21-13-5-3-4-6-14(13)29-20/h3-6,11-12H,2,7-10H2,1H3,(H,22,23,25)/t12-/m1/s1. The average molecular weight is 429 g/mol. The molecule has 1 saturated heterocycles. The van der Waals surface area contributed by atoms with E-state index in [2.05, 4.69) is 26.3 Å². The van der Waals surface area contributed by atoms with Crippen molar-refractivity contribution in [1.82, 2.24) is 9.97 Å². The molecule has 1 atom stereocenters. The Hall–Kier alpha value is -2.52. The van der Waals surface area contributed by atoms with Crippen LogP contribution in [0.25, 0.3) is 10.2 Å². The molecule has 0 radical (unpaired) electrons. The highest BCUT2D eigenvalue weighted by Gasteiger charge is 2.37. The van der Waals surface area contributed by atoms with E-state index in [1.54, 1.807) is 18.3 Å². The van der Waals surface area contributed by atoms with Crippen molar-refractivity contribution in [2.24, 2.45) is 5.92 Å². The van der Waals surface area contributed by atoms with Crippen LogP contribution in [0.3, 0.4) is 0 Å². The molecule has 0 saturated carbocycles. The number of aryl methyl sites for hydroxylation is 1. The second-order valence-electron chi connectivity index (χ2n) is 7.23. The van der Waals surface area contributed by atoms with Crippen LogP contribution >= 0.6 is 22.7 Å². The first-order valence-electron chi connectivity index (χ1n) is 9.70. The van der Waals surface area contributed by atoms with E-state index in [-0.39, 0.29) is 23.7 Å². The van der Waals surface area contributed by atoms with Crippen LogP contribution in [0.5, 0.6) is 0 Å². The summed E-state index contributed by atoms with van der Waals surface area (Å²) in [4.78, 5) is 37.1. The monoisotopic (exact) mass is 428 g/mol. The number of benzene rings is 1. The Morgan fingerprint density at radius 1 is 1.24 bits per heavy atom. The molecule has 5 rings (SSSR count). The van der Waals surface area contributed by atoms with Crippen LogP contribution in [0.1, 0.15) is 29.8 Å². The van der Waals surface area contributed by atoms with Crippen molar-refractivity contribution in [2.45, 2.75) is 25.7 Å². The fourth-order valence-corrected chi connectivity index (χ4v) is 5.78. The zero-order chi connectivity index (χ0) is 20.0. The summed E-state index contributed by atoms with van der Waals surface area (Å²) < 4.78 is 6.30. The lowest BCUT2D eigenvalue weighted by atomic mass is 10.0. The number of anilines is 2. The molecule has 29 heavy (non-hydrogen) atoms. The van der Waals surface area contributed by atoms with E-state index in [4.69, 9.17) is 4.74 Å². The van der Waals surface area contributed by atoms with Gasteiger partial charge in [-0.2, -0.15) is 0 Å². The Bertz CT molecular complexity index is 1050. The number of hydrogen-bond acceptors (Lipinski definition) is 8. The van der Waals surface area contributed by atoms with E-state index in [1.165, 1.54) is 11.3 Å². The van der Waals surface area contributed by atoms with Gasteiger partial charge in [0, 0.05) is 18.0 Å². The first-order chi connectivity index (χ1) is 14.1. The third-order valence-corrected chi connectivity index (χ3v) is 7.47. The molecule has 1 aromatic carbocycles. The smallest absolute Gasteiger partial charge is 0.315 e. The van der Waals surface area contributed by atoms with Gasteiger partial charge in [0.05, 0.1) is 28.4 Å². The van der Waals surface area contributed by atoms with E-state index in [0.29, 0.717) is 24.8 Å². The molecule has 0 spiro atoms. The molecular formula is C20H20N4O3S2. The fourth-order valence-electron chi connectivity index (χ4n) is 3.76. The molecule has 1 aliphatic carbocycles. The number of nitrogens with one attached hydrogen (secondary N) is 1. The van der Waals surface area contributed by atoms with Crippen molar-refractivity contribution in [3.63, 3.8) is 0 Å². The van der Waals surface area contributed by atoms with Crippen LogP contribution < -0.4 is 10.2 Å². The minimum absolute atomic E-state index is 0.0255. The van der Waals surface area contributed by atoms with Gasteiger partial charge in [0.25, 0.3) is 0 Å². The first-order valence-corrected chi connectivity index (χ1v) is 11.3. The number of rotatable bonds is 5. The maximum atomic E-state index is 12.6. The Morgan fingerprint density at radius 3 is 2.86 bits per heavy atom. The van der Waals surface area contributed by atoms with Gasteiger partial charge in [-0.1, -0.05) is 23.5 Å². The quantitative estimate of drug-likeness (QED) is 0.627. The van der Waals surface area contributed by atoms with Crippen molar-refractivity contribution < 1.29 is 14.3 Å². The largest absolute Gasteiger partial charge is 0.465 e. The van der Waals surface area contributed by atoms with Gasteiger partial charge in [0.1, 0.15) is 5.92 Å². The minimum atomic E-state index is -0.301. The Labute approximate surface area is 175 Å². The van der Waals surface area contributed by atoms with Gasteiger partial charge in [0.2, 0.25) is 5.91 Å². The summed E-state index contributed by atoms with van der Waals surface area (Å²) in [5, 5.41) is 4.47. The summed E-state index contributed by atoms with van der Waals surface area (Å²) in [6.45, 7) is 3.48. The summed E-state index contributed by atoms with van der Waals surface area (Å²) in [6, 6.07) is 8.06. The van der Waals surface area contributed by atoms with Crippen molar-refractivity contribution in [3.05, 3.63) is 34.8 Å². The molecule has 1 fully saturated rings. The molecule has 2 aliphatic rings. The van der Waals surface area contributed by atoms with E-state index in [9.17, 15) is 9.59 Å². The van der Waals surface area contributed by atoms with E-state index in [1.807, 2.05) is 18.2 Å². The number of carbonyl (C=O) groups excluding carboxylic acids is 2. The van der Waals surface area contributed by atoms with Crippen molar-refractivity contribution in [2.75, 3.05) is 29.9 Å². The van der Waals surface area contributed by atoms with E-state index < -0.39 is 0 Å². The lowest BCUT2D eigenvalue weighted by Crippen LogP contribution is -2.52. The number of nitrogens with zero attached hydrogens (tertiary/aromatic N) is 3. The minimum Gasteiger partial charge on any atom is -0.465 e.